The first-order chi connectivity index (χ1) is 10.6. The molecule has 6 heteroatoms. The van der Waals surface area contributed by atoms with Gasteiger partial charge in [0.15, 0.2) is 0 Å². The Hall–Kier alpha value is -1.85. The van der Waals surface area contributed by atoms with Crippen LogP contribution < -0.4 is 4.83 Å². The Morgan fingerprint density at radius 2 is 1.73 bits per heavy atom. The number of sulfonamides is 1. The van der Waals surface area contributed by atoms with Crippen LogP contribution in [0.3, 0.4) is 0 Å². The van der Waals surface area contributed by atoms with Gasteiger partial charge < -0.3 is 0 Å². The molecule has 0 fully saturated rings. The first kappa shape index (κ1) is 15.1. The minimum atomic E-state index is -3.68. The van der Waals surface area contributed by atoms with Crippen LogP contribution in [0.15, 0.2) is 58.5 Å². The normalized spacial score (nSPS) is 16.3. The summed E-state index contributed by atoms with van der Waals surface area (Å²) in [5, 5.41) is 4.63. The van der Waals surface area contributed by atoms with Gasteiger partial charge in [-0.2, -0.15) is 18.4 Å². The fourth-order valence-corrected chi connectivity index (χ4v) is 3.45. The van der Waals surface area contributed by atoms with Gasteiger partial charge in [-0.05, 0) is 49.1 Å². The zero-order valence-electron chi connectivity index (χ0n) is 11.8. The molecule has 0 aliphatic heterocycles. The molecule has 0 spiro atoms. The van der Waals surface area contributed by atoms with Crippen LogP contribution in [0.4, 0.5) is 0 Å². The first-order valence-electron chi connectivity index (χ1n) is 6.98. The SMILES string of the molecule is O=S(=O)(N/N=C1\CCCc2ccccc21)c1ccc(Cl)cc1. The molecule has 0 unspecified atom stereocenters. The molecule has 1 N–H and O–H groups in total. The standard InChI is InChI=1S/C16H15ClN2O2S/c17-13-8-10-14(11-9-13)22(20,21)19-18-16-7-3-5-12-4-1-2-6-15(12)16/h1-2,4,6,8-11,19H,3,5,7H2/b18-16+. The molecular weight excluding hydrogens is 320 g/mol. The molecule has 114 valence electrons. The average molecular weight is 335 g/mol. The van der Waals surface area contributed by atoms with Crippen molar-refractivity contribution in [1.29, 1.82) is 0 Å². The van der Waals surface area contributed by atoms with Crippen molar-refractivity contribution in [3.63, 3.8) is 0 Å². The van der Waals surface area contributed by atoms with E-state index in [2.05, 4.69) is 16.0 Å². The molecule has 1 aliphatic carbocycles. The summed E-state index contributed by atoms with van der Waals surface area (Å²) >= 11 is 5.77. The van der Waals surface area contributed by atoms with Crippen LogP contribution in [-0.2, 0) is 16.4 Å². The fraction of sp³-hybridized carbons (Fsp3) is 0.188. The van der Waals surface area contributed by atoms with Gasteiger partial charge in [-0.15, -0.1) is 0 Å². The average Bonchev–Trinajstić information content (AvgIpc) is 2.53. The number of aryl methyl sites for hydroxylation is 1. The zero-order chi connectivity index (χ0) is 15.6. The third-order valence-electron chi connectivity index (χ3n) is 3.61. The quantitative estimate of drug-likeness (QED) is 0.875. The maximum atomic E-state index is 12.2. The predicted octanol–water partition coefficient (Wildman–Crippen LogP) is 3.36. The van der Waals surface area contributed by atoms with Crippen molar-refractivity contribution < 1.29 is 8.42 Å². The molecule has 2 aromatic carbocycles. The second-order valence-electron chi connectivity index (χ2n) is 5.12. The lowest BCUT2D eigenvalue weighted by molar-refractivity contribution is 0.584. The predicted molar refractivity (Wildman–Crippen MR) is 87.7 cm³/mol. The van der Waals surface area contributed by atoms with Gasteiger partial charge in [0.1, 0.15) is 0 Å². The van der Waals surface area contributed by atoms with E-state index >= 15 is 0 Å². The molecule has 1 aliphatic rings. The molecule has 0 bridgehead atoms. The van der Waals surface area contributed by atoms with Gasteiger partial charge in [0.05, 0.1) is 10.6 Å². The lowest BCUT2D eigenvalue weighted by atomic mass is 9.90. The Morgan fingerprint density at radius 1 is 1.00 bits per heavy atom. The third-order valence-corrected chi connectivity index (χ3v) is 5.09. The van der Waals surface area contributed by atoms with E-state index < -0.39 is 10.0 Å². The van der Waals surface area contributed by atoms with Crippen LogP contribution in [0.2, 0.25) is 5.02 Å². The smallest absolute Gasteiger partial charge is 0.200 e. The van der Waals surface area contributed by atoms with Gasteiger partial charge in [-0.1, -0.05) is 35.9 Å². The Labute approximate surface area is 134 Å². The summed E-state index contributed by atoms with van der Waals surface area (Å²) in [6.07, 6.45) is 2.73. The lowest BCUT2D eigenvalue weighted by Crippen LogP contribution is -2.22. The van der Waals surface area contributed by atoms with Crippen LogP contribution in [0.5, 0.6) is 0 Å². The highest BCUT2D eigenvalue weighted by atomic mass is 35.5. The number of hydrogen-bond acceptors (Lipinski definition) is 3. The van der Waals surface area contributed by atoms with Gasteiger partial charge in [0.2, 0.25) is 0 Å². The minimum Gasteiger partial charge on any atom is -0.200 e. The number of hydrogen-bond donors (Lipinski definition) is 1. The first-order valence-corrected chi connectivity index (χ1v) is 8.84. The topological polar surface area (TPSA) is 58.5 Å². The lowest BCUT2D eigenvalue weighted by Gasteiger charge is -2.17. The van der Waals surface area contributed by atoms with E-state index in [1.807, 2.05) is 18.2 Å². The monoisotopic (exact) mass is 334 g/mol. The van der Waals surface area contributed by atoms with Crippen molar-refractivity contribution in [2.45, 2.75) is 24.2 Å². The second kappa shape index (κ2) is 6.10. The molecule has 2 aromatic rings. The summed E-state index contributed by atoms with van der Waals surface area (Å²) < 4.78 is 24.5. The molecule has 0 saturated carbocycles. The van der Waals surface area contributed by atoms with Gasteiger partial charge in [0.25, 0.3) is 10.0 Å². The fourth-order valence-electron chi connectivity index (χ4n) is 2.50. The largest absolute Gasteiger partial charge is 0.276 e. The van der Waals surface area contributed by atoms with Crippen LogP contribution in [0.25, 0.3) is 0 Å². The van der Waals surface area contributed by atoms with Crippen molar-refractivity contribution in [3.8, 4) is 0 Å². The number of hydrazone groups is 1. The van der Waals surface area contributed by atoms with E-state index in [9.17, 15) is 8.42 Å². The molecule has 0 saturated heterocycles. The molecule has 0 amide bonds. The number of fused-ring (bicyclic) bond motifs is 1. The summed E-state index contributed by atoms with van der Waals surface area (Å²) in [4.78, 5) is 2.47. The Balaban J connectivity index is 1.87. The molecular formula is C16H15ClN2O2S. The van der Waals surface area contributed by atoms with E-state index in [1.165, 1.54) is 17.7 Å². The number of halogens is 1. The van der Waals surface area contributed by atoms with E-state index in [0.29, 0.717) is 5.02 Å². The van der Waals surface area contributed by atoms with Crippen molar-refractivity contribution in [3.05, 3.63) is 64.7 Å². The van der Waals surface area contributed by atoms with E-state index in [-0.39, 0.29) is 4.90 Å². The summed E-state index contributed by atoms with van der Waals surface area (Å²) in [5.74, 6) is 0. The number of nitrogens with zero attached hydrogens (tertiary/aromatic N) is 1. The highest BCUT2D eigenvalue weighted by molar-refractivity contribution is 7.89. The molecule has 0 aromatic heterocycles. The molecule has 3 rings (SSSR count). The number of rotatable bonds is 3. The van der Waals surface area contributed by atoms with Crippen molar-refractivity contribution >= 4 is 27.3 Å². The van der Waals surface area contributed by atoms with Crippen molar-refractivity contribution in [2.75, 3.05) is 0 Å². The van der Waals surface area contributed by atoms with E-state index in [1.54, 1.807) is 12.1 Å². The van der Waals surface area contributed by atoms with Gasteiger partial charge in [-0.25, -0.2) is 0 Å². The Morgan fingerprint density at radius 3 is 2.50 bits per heavy atom. The van der Waals surface area contributed by atoms with Crippen molar-refractivity contribution in [1.82, 2.24) is 4.83 Å². The second-order valence-corrected chi connectivity index (χ2v) is 7.22. The van der Waals surface area contributed by atoms with Crippen LogP contribution in [-0.4, -0.2) is 14.1 Å². The maximum Gasteiger partial charge on any atom is 0.276 e. The number of nitrogens with one attached hydrogen (secondary N) is 1. The Kier molecular flexibility index (Phi) is 4.18. The molecule has 0 atom stereocenters. The highest BCUT2D eigenvalue weighted by Crippen LogP contribution is 2.21. The highest BCUT2D eigenvalue weighted by Gasteiger charge is 2.17. The summed E-state index contributed by atoms with van der Waals surface area (Å²) in [5.41, 5.74) is 3.00. The summed E-state index contributed by atoms with van der Waals surface area (Å²) in [6.45, 7) is 0. The third kappa shape index (κ3) is 3.15. The summed E-state index contributed by atoms with van der Waals surface area (Å²) in [6, 6.07) is 14.0. The van der Waals surface area contributed by atoms with E-state index in [4.69, 9.17) is 11.6 Å². The maximum absolute atomic E-state index is 12.2. The van der Waals surface area contributed by atoms with Crippen LogP contribution in [0, 0.1) is 0 Å². The Bertz CT molecular complexity index is 814. The van der Waals surface area contributed by atoms with Gasteiger partial charge in [-0.3, -0.25) is 0 Å². The summed E-state index contributed by atoms with van der Waals surface area (Å²) in [7, 11) is -3.68. The van der Waals surface area contributed by atoms with Crippen molar-refractivity contribution in [2.24, 2.45) is 5.10 Å². The zero-order valence-corrected chi connectivity index (χ0v) is 13.4. The van der Waals surface area contributed by atoms with Crippen LogP contribution in [0.1, 0.15) is 24.0 Å². The molecule has 4 nitrogen and oxygen atoms in total. The van der Waals surface area contributed by atoms with Gasteiger partial charge >= 0.3 is 0 Å². The van der Waals surface area contributed by atoms with E-state index in [0.717, 1.165) is 30.5 Å². The molecule has 22 heavy (non-hydrogen) atoms. The van der Waals surface area contributed by atoms with Gasteiger partial charge in [0, 0.05) is 10.6 Å². The molecule has 0 heterocycles. The van der Waals surface area contributed by atoms with Crippen LogP contribution >= 0.6 is 11.6 Å². The molecule has 0 radical (unpaired) electrons. The number of benzene rings is 2. The minimum absolute atomic E-state index is 0.144.